The first-order chi connectivity index (χ1) is 13.6. The van der Waals surface area contributed by atoms with Crippen LogP contribution < -0.4 is 11.0 Å². The van der Waals surface area contributed by atoms with Gasteiger partial charge in [-0.1, -0.05) is 12.1 Å². The Balaban J connectivity index is 1.94. The van der Waals surface area contributed by atoms with E-state index in [1.165, 1.54) is 17.1 Å². The van der Waals surface area contributed by atoms with Gasteiger partial charge in [-0.05, 0) is 36.4 Å². The van der Waals surface area contributed by atoms with Gasteiger partial charge in [-0.25, -0.2) is 4.98 Å². The first-order valence-corrected chi connectivity index (χ1v) is 8.73. The van der Waals surface area contributed by atoms with Crippen LogP contribution in [0.4, 0.5) is 0 Å². The molecular formula is C21H15N3O4. The summed E-state index contributed by atoms with van der Waals surface area (Å²) in [6, 6.07) is 14.1. The van der Waals surface area contributed by atoms with Crippen LogP contribution in [0.25, 0.3) is 33.5 Å². The third-order valence-corrected chi connectivity index (χ3v) is 4.84. The molecule has 5 rings (SSSR count). The van der Waals surface area contributed by atoms with Crippen molar-refractivity contribution in [3.8, 4) is 11.6 Å². The van der Waals surface area contributed by atoms with Crippen LogP contribution >= 0.6 is 0 Å². The topological polar surface area (TPSA) is 83.2 Å². The van der Waals surface area contributed by atoms with Gasteiger partial charge < -0.3 is 13.4 Å². The zero-order valence-corrected chi connectivity index (χ0v) is 15.0. The summed E-state index contributed by atoms with van der Waals surface area (Å²) in [6.45, 7) is 0.140. The molecule has 0 radical (unpaired) electrons. The molecule has 0 unspecified atom stereocenters. The van der Waals surface area contributed by atoms with Crippen LogP contribution in [0.1, 0.15) is 5.76 Å². The van der Waals surface area contributed by atoms with Crippen LogP contribution in [0.2, 0.25) is 0 Å². The molecule has 0 aliphatic heterocycles. The minimum Gasteiger partial charge on any atom is -0.467 e. The molecule has 28 heavy (non-hydrogen) atoms. The van der Waals surface area contributed by atoms with Crippen molar-refractivity contribution in [3.05, 3.63) is 87.4 Å². The monoisotopic (exact) mass is 373 g/mol. The van der Waals surface area contributed by atoms with Gasteiger partial charge in [0.05, 0.1) is 24.6 Å². The number of fused-ring (bicyclic) bond motifs is 2. The van der Waals surface area contributed by atoms with Crippen LogP contribution in [-0.2, 0) is 13.6 Å². The fourth-order valence-corrected chi connectivity index (χ4v) is 3.49. The van der Waals surface area contributed by atoms with Crippen LogP contribution in [-0.4, -0.2) is 14.1 Å². The molecule has 0 spiro atoms. The van der Waals surface area contributed by atoms with Crippen LogP contribution in [0.5, 0.6) is 0 Å². The van der Waals surface area contributed by atoms with E-state index in [0.717, 1.165) is 0 Å². The Morgan fingerprint density at radius 1 is 0.964 bits per heavy atom. The van der Waals surface area contributed by atoms with E-state index in [9.17, 15) is 9.59 Å². The maximum Gasteiger partial charge on any atom is 0.267 e. The smallest absolute Gasteiger partial charge is 0.267 e. The average Bonchev–Trinajstić information content (AvgIpc) is 3.41. The predicted molar refractivity (Wildman–Crippen MR) is 104 cm³/mol. The van der Waals surface area contributed by atoms with E-state index in [-0.39, 0.29) is 17.4 Å². The molecule has 0 atom stereocenters. The maximum atomic E-state index is 13.4. The average molecular weight is 373 g/mol. The molecule has 0 saturated heterocycles. The van der Waals surface area contributed by atoms with Crippen LogP contribution in [0, 0.1) is 0 Å². The Hall–Kier alpha value is -3.87. The summed E-state index contributed by atoms with van der Waals surface area (Å²) in [5.74, 6) is 1.35. The van der Waals surface area contributed by atoms with Crippen molar-refractivity contribution in [3.63, 3.8) is 0 Å². The number of nitrogens with zero attached hydrogens (tertiary/aromatic N) is 3. The maximum absolute atomic E-state index is 13.4. The standard InChI is InChI=1S/C21H15N3O4/c1-23-15-8-3-2-7-14(15)18(25)17-20(23)22-19(16-9-5-11-28-16)24(21(17)26)12-13-6-4-10-27-13/h2-11H,12H2,1H3. The molecule has 4 heterocycles. The highest BCUT2D eigenvalue weighted by atomic mass is 16.3. The van der Waals surface area contributed by atoms with Gasteiger partial charge in [0, 0.05) is 12.4 Å². The third-order valence-electron chi connectivity index (χ3n) is 4.84. The molecule has 4 aromatic heterocycles. The van der Waals surface area contributed by atoms with Gasteiger partial charge in [0.1, 0.15) is 11.1 Å². The quantitative estimate of drug-likeness (QED) is 0.454. The largest absolute Gasteiger partial charge is 0.467 e. The Morgan fingerprint density at radius 2 is 1.75 bits per heavy atom. The minimum atomic E-state index is -0.431. The highest BCUT2D eigenvalue weighted by molar-refractivity contribution is 5.91. The van der Waals surface area contributed by atoms with Gasteiger partial charge in [0.25, 0.3) is 5.56 Å². The highest BCUT2D eigenvalue weighted by Gasteiger charge is 2.20. The van der Waals surface area contributed by atoms with E-state index >= 15 is 0 Å². The minimum absolute atomic E-state index is 0.0445. The first-order valence-electron chi connectivity index (χ1n) is 8.73. The Kier molecular flexibility index (Phi) is 3.55. The molecule has 0 aliphatic carbocycles. The molecule has 1 aromatic carbocycles. The molecule has 7 heteroatoms. The number of furan rings is 2. The van der Waals surface area contributed by atoms with E-state index in [1.807, 2.05) is 12.1 Å². The van der Waals surface area contributed by atoms with E-state index < -0.39 is 5.56 Å². The fourth-order valence-electron chi connectivity index (χ4n) is 3.49. The van der Waals surface area contributed by atoms with Gasteiger partial charge in [-0.3, -0.25) is 14.2 Å². The summed E-state index contributed by atoms with van der Waals surface area (Å²) < 4.78 is 14.1. The summed E-state index contributed by atoms with van der Waals surface area (Å²) >= 11 is 0. The van der Waals surface area contributed by atoms with Gasteiger partial charge >= 0.3 is 0 Å². The van der Waals surface area contributed by atoms with Crippen molar-refractivity contribution in [2.24, 2.45) is 7.05 Å². The van der Waals surface area contributed by atoms with Crippen molar-refractivity contribution in [1.29, 1.82) is 0 Å². The number of aromatic nitrogens is 3. The van der Waals surface area contributed by atoms with E-state index in [0.29, 0.717) is 33.9 Å². The fraction of sp³-hybridized carbons (Fsp3) is 0.0952. The van der Waals surface area contributed by atoms with Crippen molar-refractivity contribution in [1.82, 2.24) is 14.1 Å². The molecule has 0 amide bonds. The van der Waals surface area contributed by atoms with Crippen molar-refractivity contribution >= 4 is 21.9 Å². The summed E-state index contributed by atoms with van der Waals surface area (Å²) in [6.07, 6.45) is 3.05. The van der Waals surface area contributed by atoms with Crippen molar-refractivity contribution in [2.45, 2.75) is 6.54 Å². The lowest BCUT2D eigenvalue weighted by atomic mass is 10.1. The van der Waals surface area contributed by atoms with E-state index in [2.05, 4.69) is 4.98 Å². The van der Waals surface area contributed by atoms with Crippen LogP contribution in [0.3, 0.4) is 0 Å². The number of hydrogen-bond acceptors (Lipinski definition) is 5. The highest BCUT2D eigenvalue weighted by Crippen LogP contribution is 2.21. The van der Waals surface area contributed by atoms with Crippen molar-refractivity contribution in [2.75, 3.05) is 0 Å². The normalized spacial score (nSPS) is 11.5. The molecule has 0 fully saturated rings. The second-order valence-electron chi connectivity index (χ2n) is 6.49. The van der Waals surface area contributed by atoms with Crippen LogP contribution in [0.15, 0.2) is 79.5 Å². The molecule has 5 aromatic rings. The second kappa shape index (κ2) is 6.09. The van der Waals surface area contributed by atoms with Gasteiger partial charge in [-0.15, -0.1) is 0 Å². The number of pyridine rings is 1. The number of rotatable bonds is 3. The summed E-state index contributed by atoms with van der Waals surface area (Å²) in [5, 5.41) is 0.523. The zero-order valence-electron chi connectivity index (χ0n) is 15.0. The summed E-state index contributed by atoms with van der Waals surface area (Å²) in [4.78, 5) is 31.2. The zero-order chi connectivity index (χ0) is 19.3. The van der Waals surface area contributed by atoms with Gasteiger partial charge in [-0.2, -0.15) is 0 Å². The molecule has 0 N–H and O–H groups in total. The lowest BCUT2D eigenvalue weighted by Gasteiger charge is -2.14. The predicted octanol–water partition coefficient (Wildman–Crippen LogP) is 3.15. The molecule has 7 nitrogen and oxygen atoms in total. The summed E-state index contributed by atoms with van der Waals surface area (Å²) in [7, 11) is 1.79. The Labute approximate surface area is 158 Å². The second-order valence-corrected chi connectivity index (χ2v) is 6.49. The molecule has 138 valence electrons. The van der Waals surface area contributed by atoms with E-state index in [4.69, 9.17) is 8.83 Å². The summed E-state index contributed by atoms with van der Waals surface area (Å²) in [5.41, 5.74) is 0.261. The molecule has 0 bridgehead atoms. The number of aryl methyl sites for hydroxylation is 1. The lowest BCUT2D eigenvalue weighted by molar-refractivity contribution is 0.487. The van der Waals surface area contributed by atoms with Gasteiger partial charge in [0.2, 0.25) is 5.43 Å². The number of benzene rings is 1. The lowest BCUT2D eigenvalue weighted by Crippen LogP contribution is -2.29. The molecule has 0 aliphatic rings. The number of hydrogen-bond donors (Lipinski definition) is 0. The Bertz CT molecular complexity index is 1430. The SMILES string of the molecule is Cn1c2ccccc2c(=O)c2c(=O)n(Cc3ccco3)c(-c3ccco3)nc21. The Morgan fingerprint density at radius 3 is 2.50 bits per heavy atom. The molecule has 0 saturated carbocycles. The molecular weight excluding hydrogens is 358 g/mol. The number of para-hydroxylation sites is 1. The van der Waals surface area contributed by atoms with Crippen molar-refractivity contribution < 1.29 is 8.83 Å². The third kappa shape index (κ3) is 2.33. The van der Waals surface area contributed by atoms with Gasteiger partial charge in [0.15, 0.2) is 17.2 Å². The first kappa shape index (κ1) is 16.3. The van der Waals surface area contributed by atoms with E-state index in [1.54, 1.807) is 48.0 Å².